The molecule has 0 saturated carbocycles. The first-order valence-electron chi connectivity index (χ1n) is 7.36. The Hall–Kier alpha value is -2.69. The Labute approximate surface area is 128 Å². The van der Waals surface area contributed by atoms with Crippen molar-refractivity contribution in [3.05, 3.63) is 53.7 Å². The summed E-state index contributed by atoms with van der Waals surface area (Å²) in [5.41, 5.74) is 3.49. The first-order chi connectivity index (χ1) is 10.6. The Kier molecular flexibility index (Phi) is 2.76. The van der Waals surface area contributed by atoms with Gasteiger partial charge in [-0.3, -0.25) is 14.3 Å². The molecule has 1 atom stereocenters. The number of hydrogen-bond acceptors (Lipinski definition) is 3. The number of aromatic nitrogens is 3. The summed E-state index contributed by atoms with van der Waals surface area (Å²) in [5, 5.41) is 0. The minimum absolute atomic E-state index is 0.0124. The lowest BCUT2D eigenvalue weighted by Crippen LogP contribution is -2.36. The molecule has 1 aliphatic rings. The minimum atomic E-state index is -0.0124. The summed E-state index contributed by atoms with van der Waals surface area (Å²) in [7, 11) is 0. The predicted molar refractivity (Wildman–Crippen MR) is 85.0 cm³/mol. The Morgan fingerprint density at radius 3 is 2.77 bits per heavy atom. The number of hydrogen-bond donors (Lipinski definition) is 0. The molecular formula is C17H16N4O. The van der Waals surface area contributed by atoms with Gasteiger partial charge in [0, 0.05) is 18.3 Å². The van der Waals surface area contributed by atoms with Crippen molar-refractivity contribution >= 4 is 23.0 Å². The van der Waals surface area contributed by atoms with Crippen molar-refractivity contribution in [1.29, 1.82) is 0 Å². The van der Waals surface area contributed by atoms with E-state index in [4.69, 9.17) is 0 Å². The molecule has 0 N–H and O–H groups in total. The molecule has 22 heavy (non-hydrogen) atoms. The summed E-state index contributed by atoms with van der Waals surface area (Å²) in [4.78, 5) is 23.6. The fourth-order valence-corrected chi connectivity index (χ4v) is 2.97. The van der Waals surface area contributed by atoms with E-state index >= 15 is 0 Å². The SMILES string of the molecule is Cc1ccc(C(=O)N2c3nc4cccnc4n3CC2C)cc1. The number of carbonyl (C=O) groups excluding carboxylic acids is 1. The number of fused-ring (bicyclic) bond motifs is 3. The van der Waals surface area contributed by atoms with E-state index in [-0.39, 0.29) is 11.9 Å². The highest BCUT2D eigenvalue weighted by Gasteiger charge is 2.34. The fraction of sp³-hybridized carbons (Fsp3) is 0.235. The van der Waals surface area contributed by atoms with Crippen LogP contribution in [-0.2, 0) is 6.54 Å². The monoisotopic (exact) mass is 292 g/mol. The van der Waals surface area contributed by atoms with Crippen molar-refractivity contribution in [3.63, 3.8) is 0 Å². The van der Waals surface area contributed by atoms with Crippen molar-refractivity contribution in [2.75, 3.05) is 4.90 Å². The summed E-state index contributed by atoms with van der Waals surface area (Å²) in [6.07, 6.45) is 1.76. The topological polar surface area (TPSA) is 51.0 Å². The zero-order valence-electron chi connectivity index (χ0n) is 12.5. The average Bonchev–Trinajstić information content (AvgIpc) is 3.02. The molecule has 0 radical (unpaired) electrons. The van der Waals surface area contributed by atoms with Crippen molar-refractivity contribution in [1.82, 2.24) is 14.5 Å². The second-order valence-electron chi connectivity index (χ2n) is 5.76. The zero-order valence-corrected chi connectivity index (χ0v) is 12.5. The number of nitrogens with zero attached hydrogens (tertiary/aromatic N) is 4. The van der Waals surface area contributed by atoms with Gasteiger partial charge < -0.3 is 0 Å². The van der Waals surface area contributed by atoms with Gasteiger partial charge in [0.15, 0.2) is 5.65 Å². The second-order valence-corrected chi connectivity index (χ2v) is 5.76. The van der Waals surface area contributed by atoms with Crippen LogP contribution < -0.4 is 4.90 Å². The molecule has 1 amide bonds. The summed E-state index contributed by atoms with van der Waals surface area (Å²) in [5.74, 6) is 0.674. The van der Waals surface area contributed by atoms with Gasteiger partial charge in [-0.15, -0.1) is 0 Å². The third-order valence-corrected chi connectivity index (χ3v) is 4.10. The quantitative estimate of drug-likeness (QED) is 0.693. The third-order valence-electron chi connectivity index (χ3n) is 4.10. The average molecular weight is 292 g/mol. The molecule has 1 aliphatic heterocycles. The van der Waals surface area contributed by atoms with E-state index in [2.05, 4.69) is 9.97 Å². The van der Waals surface area contributed by atoms with Crippen LogP contribution in [0.25, 0.3) is 11.2 Å². The van der Waals surface area contributed by atoms with Crippen molar-refractivity contribution in [2.45, 2.75) is 26.4 Å². The summed E-state index contributed by atoms with van der Waals surface area (Å²) in [6.45, 7) is 4.77. The van der Waals surface area contributed by atoms with E-state index in [1.54, 1.807) is 11.1 Å². The van der Waals surface area contributed by atoms with Crippen LogP contribution in [0.3, 0.4) is 0 Å². The summed E-state index contributed by atoms with van der Waals surface area (Å²) >= 11 is 0. The second kappa shape index (κ2) is 4.66. The lowest BCUT2D eigenvalue weighted by molar-refractivity contribution is 0.0981. The lowest BCUT2D eigenvalue weighted by Gasteiger charge is -2.19. The van der Waals surface area contributed by atoms with Gasteiger partial charge in [-0.05, 0) is 38.1 Å². The van der Waals surface area contributed by atoms with Crippen molar-refractivity contribution < 1.29 is 4.79 Å². The fourth-order valence-electron chi connectivity index (χ4n) is 2.97. The molecule has 0 saturated heterocycles. The number of carbonyl (C=O) groups is 1. The number of amides is 1. The van der Waals surface area contributed by atoms with E-state index in [1.165, 1.54) is 0 Å². The van der Waals surface area contributed by atoms with Crippen molar-refractivity contribution in [3.8, 4) is 0 Å². The van der Waals surface area contributed by atoms with Gasteiger partial charge in [0.2, 0.25) is 5.95 Å². The molecule has 2 aromatic heterocycles. The Morgan fingerprint density at radius 1 is 1.23 bits per heavy atom. The summed E-state index contributed by atoms with van der Waals surface area (Å²) in [6, 6.07) is 11.5. The number of rotatable bonds is 1. The zero-order chi connectivity index (χ0) is 15.3. The van der Waals surface area contributed by atoms with E-state index in [1.807, 2.05) is 54.8 Å². The van der Waals surface area contributed by atoms with Gasteiger partial charge in [0.25, 0.3) is 5.91 Å². The highest BCUT2D eigenvalue weighted by molar-refractivity contribution is 6.06. The molecule has 5 heteroatoms. The number of aryl methyl sites for hydroxylation is 1. The molecule has 110 valence electrons. The Morgan fingerprint density at radius 2 is 2.00 bits per heavy atom. The molecule has 1 aromatic carbocycles. The van der Waals surface area contributed by atoms with Gasteiger partial charge in [0.1, 0.15) is 5.52 Å². The normalized spacial score (nSPS) is 17.0. The van der Waals surface area contributed by atoms with Crippen LogP contribution in [0, 0.1) is 6.92 Å². The van der Waals surface area contributed by atoms with E-state index in [0.29, 0.717) is 11.5 Å². The predicted octanol–water partition coefficient (Wildman–Crippen LogP) is 2.79. The largest absolute Gasteiger partial charge is 0.292 e. The Bertz CT molecular complexity index is 866. The van der Waals surface area contributed by atoms with E-state index in [9.17, 15) is 4.79 Å². The molecule has 4 rings (SSSR count). The van der Waals surface area contributed by atoms with Gasteiger partial charge in [-0.1, -0.05) is 17.7 Å². The van der Waals surface area contributed by atoms with Crippen LogP contribution >= 0.6 is 0 Å². The maximum Gasteiger partial charge on any atom is 0.260 e. The highest BCUT2D eigenvalue weighted by atomic mass is 16.2. The maximum atomic E-state index is 12.9. The molecule has 0 spiro atoms. The third kappa shape index (κ3) is 1.82. The van der Waals surface area contributed by atoms with Crippen LogP contribution in [0.4, 0.5) is 5.95 Å². The maximum absolute atomic E-state index is 12.9. The van der Waals surface area contributed by atoms with Gasteiger partial charge in [-0.2, -0.15) is 0 Å². The van der Waals surface area contributed by atoms with E-state index in [0.717, 1.165) is 23.3 Å². The van der Waals surface area contributed by atoms with Crippen LogP contribution in [0.15, 0.2) is 42.6 Å². The first kappa shape index (κ1) is 13.0. The number of imidazole rings is 1. The number of benzene rings is 1. The molecule has 0 fully saturated rings. The summed E-state index contributed by atoms with van der Waals surface area (Å²) < 4.78 is 2.02. The Balaban J connectivity index is 1.80. The molecule has 0 aliphatic carbocycles. The lowest BCUT2D eigenvalue weighted by atomic mass is 10.1. The molecule has 0 bridgehead atoms. The smallest absolute Gasteiger partial charge is 0.260 e. The minimum Gasteiger partial charge on any atom is -0.292 e. The van der Waals surface area contributed by atoms with E-state index < -0.39 is 0 Å². The molecule has 5 nitrogen and oxygen atoms in total. The van der Waals surface area contributed by atoms with Gasteiger partial charge >= 0.3 is 0 Å². The van der Waals surface area contributed by atoms with Gasteiger partial charge in [0.05, 0.1) is 6.04 Å². The van der Waals surface area contributed by atoms with Crippen LogP contribution in [-0.4, -0.2) is 26.5 Å². The molecule has 1 unspecified atom stereocenters. The van der Waals surface area contributed by atoms with Gasteiger partial charge in [-0.25, -0.2) is 9.97 Å². The highest BCUT2D eigenvalue weighted by Crippen LogP contribution is 2.30. The molecular weight excluding hydrogens is 276 g/mol. The van der Waals surface area contributed by atoms with Crippen molar-refractivity contribution in [2.24, 2.45) is 0 Å². The van der Waals surface area contributed by atoms with Crippen LogP contribution in [0.5, 0.6) is 0 Å². The first-order valence-corrected chi connectivity index (χ1v) is 7.36. The molecule has 3 heterocycles. The molecule has 3 aromatic rings. The standard InChI is InChI=1S/C17H16N4O/c1-11-5-7-13(8-6-11)16(22)21-12(2)10-20-15-14(19-17(20)21)4-3-9-18-15/h3-9,12H,10H2,1-2H3. The number of anilines is 1. The van der Waals surface area contributed by atoms with Crippen LogP contribution in [0.2, 0.25) is 0 Å². The van der Waals surface area contributed by atoms with Crippen LogP contribution in [0.1, 0.15) is 22.8 Å². The number of pyridine rings is 1.